The standard InChI is InChI=1S/C40H33ClN10O21S6.Na/c41-38-45-39(43-27-18-29(42-12-11-33(52)53)31(75(60,61)62)19-28(27)50-48-22-6-8-23(9-7-22)73(55,56)14-13-72-78(69,70)71)47-40(46-38)44-30-17-24(74(57,58)59)15-21-16-32(76(63,64)65)35(36(54)34(21)30)51-49-26-10-5-20-3-1-2-4-25(20)37(26)77(66,67)68;/h1-10,15-19,42,54H,11-14H2,(H,52,53)(H,57,58,59)(H,60,61,62)(H,63,64,65)(H,66,67,68)(H,69,70,71)(H2,43,44,45,46,47);. The maximum atomic E-state index is 12.8. The number of fused-ring (bicyclic) bond motifs is 2. The Labute approximate surface area is 471 Å². The third kappa shape index (κ3) is 15.4. The zero-order valence-electron chi connectivity index (χ0n) is 39.3. The number of H-pyrrole nitrogens is 2. The number of phenols is 1. The fourth-order valence-electron chi connectivity index (χ4n) is 6.96. The Bertz CT molecular complexity index is 4570. The Morgan fingerprint density at radius 2 is 1.30 bits per heavy atom. The van der Waals surface area contributed by atoms with E-state index in [9.17, 15) is 83.7 Å². The molecule has 413 valence electrons. The zero-order valence-corrected chi connectivity index (χ0v) is 46.9. The maximum Gasteiger partial charge on any atom is 0.397 e. The molecule has 6 aromatic carbocycles. The topological polar surface area (TPSA) is 503 Å². The fourth-order valence-corrected chi connectivity index (χ4v) is 11.3. The van der Waals surface area contributed by atoms with Crippen molar-refractivity contribution in [1.29, 1.82) is 0 Å². The molecule has 10 N–H and O–H groups in total. The molecule has 0 amide bonds. The van der Waals surface area contributed by atoms with E-state index in [-0.39, 0.29) is 45.5 Å². The van der Waals surface area contributed by atoms with Crippen molar-refractivity contribution in [2.75, 3.05) is 24.2 Å². The summed E-state index contributed by atoms with van der Waals surface area (Å²) in [5.74, 6) is -3.42. The van der Waals surface area contributed by atoms with Crippen LogP contribution in [0.2, 0.25) is 5.28 Å². The van der Waals surface area contributed by atoms with Crippen LogP contribution in [0.5, 0.6) is 5.75 Å². The molecule has 7 rings (SSSR count). The number of rotatable bonds is 19. The number of aromatic hydroxyl groups is 1. The molecular formula is C40H33ClN10NaO21S6. The number of anilines is 1. The van der Waals surface area contributed by atoms with Crippen molar-refractivity contribution in [3.05, 3.63) is 108 Å². The van der Waals surface area contributed by atoms with Gasteiger partial charge in [-0.15, -0.1) is 15.3 Å². The first-order valence-corrected chi connectivity index (χ1v) is 30.0. The molecule has 0 atom stereocenters. The molecule has 0 spiro atoms. The molecule has 0 saturated heterocycles. The Kier molecular flexibility index (Phi) is 18.5. The average Bonchev–Trinajstić information content (AvgIpc) is 3.39. The van der Waals surface area contributed by atoms with Crippen molar-refractivity contribution in [1.82, 2.24) is 15.0 Å². The van der Waals surface area contributed by atoms with E-state index in [0.717, 1.165) is 42.5 Å². The van der Waals surface area contributed by atoms with Gasteiger partial charge in [-0.2, -0.15) is 52.2 Å². The third-order valence-corrected chi connectivity index (χ3v) is 16.1. The molecule has 1 aromatic heterocycles. The number of aromatic nitrogens is 3. The molecule has 1 heterocycles. The summed E-state index contributed by atoms with van der Waals surface area (Å²) < 4.78 is 202. The number of halogens is 1. The minimum absolute atomic E-state index is 0. The molecule has 0 unspecified atom stereocenters. The molecule has 0 bridgehead atoms. The van der Waals surface area contributed by atoms with Gasteiger partial charge in [0, 0.05) is 41.5 Å². The largest absolute Gasteiger partial charge is 0.505 e. The van der Waals surface area contributed by atoms with Gasteiger partial charge in [0.05, 0.1) is 56.7 Å². The van der Waals surface area contributed by atoms with Crippen LogP contribution in [-0.2, 0) is 69.7 Å². The molecule has 31 nitrogen and oxygen atoms in total. The number of aromatic amines is 2. The summed E-state index contributed by atoms with van der Waals surface area (Å²) in [5.41, 5.74) is -5.02. The first kappa shape index (κ1) is 61.7. The van der Waals surface area contributed by atoms with Crippen molar-refractivity contribution >= 4 is 169 Å². The van der Waals surface area contributed by atoms with Gasteiger partial charge in [0.15, 0.2) is 15.6 Å². The molecule has 0 aliphatic carbocycles. The quantitative estimate of drug-likeness (QED) is 0.0296. The van der Waals surface area contributed by atoms with E-state index in [1.165, 1.54) is 24.3 Å². The molecule has 0 aliphatic heterocycles. The second kappa shape index (κ2) is 23.7. The van der Waals surface area contributed by atoms with Gasteiger partial charge in [-0.05, 0) is 83.0 Å². The molecule has 7 aromatic rings. The first-order valence-electron chi connectivity index (χ1n) is 20.8. The van der Waals surface area contributed by atoms with Crippen LogP contribution >= 0.6 is 11.6 Å². The molecule has 0 fully saturated rings. The van der Waals surface area contributed by atoms with E-state index >= 15 is 0 Å². The zero-order chi connectivity index (χ0) is 57.3. The predicted octanol–water partition coefficient (Wildman–Crippen LogP) is 4.78. The van der Waals surface area contributed by atoms with Crippen molar-refractivity contribution in [3.8, 4) is 5.75 Å². The number of sulfone groups is 1. The number of carboxylic acid groups (broad SMARTS) is 1. The van der Waals surface area contributed by atoms with E-state index in [2.05, 4.69) is 54.9 Å². The normalized spacial score (nSPS) is 13.4. The summed E-state index contributed by atoms with van der Waals surface area (Å²) >= 11 is 6.32. The second-order valence-electron chi connectivity index (χ2n) is 15.6. The summed E-state index contributed by atoms with van der Waals surface area (Å²) in [6.07, 6.45) is -0.577. The Balaban J connectivity index is 0.0000101. The fraction of sp³-hybridized carbons (Fsp3) is 0.100. The van der Waals surface area contributed by atoms with Gasteiger partial charge in [-0.25, -0.2) is 22.6 Å². The van der Waals surface area contributed by atoms with Crippen molar-refractivity contribution < 1.29 is 92.5 Å². The number of carboxylic acids is 1. The Morgan fingerprint density at radius 1 is 0.646 bits per heavy atom. The van der Waals surface area contributed by atoms with Crippen molar-refractivity contribution in [2.24, 2.45) is 30.4 Å². The second-order valence-corrected chi connectivity index (χ2v) is 24.7. The van der Waals surface area contributed by atoms with Crippen LogP contribution in [0, 0.1) is 0 Å². The van der Waals surface area contributed by atoms with Gasteiger partial charge in [0.2, 0.25) is 16.5 Å². The first-order chi connectivity index (χ1) is 36.2. The van der Waals surface area contributed by atoms with Crippen LogP contribution in [-0.4, -0.2) is 153 Å². The maximum absolute atomic E-state index is 12.8. The van der Waals surface area contributed by atoms with Gasteiger partial charge in [-0.1, -0.05) is 30.3 Å². The molecular weight excluding hydrogens is 1210 g/mol. The number of nitrogens with zero attached hydrogens (tertiary/aromatic N) is 7. The summed E-state index contributed by atoms with van der Waals surface area (Å²) in [5, 5.41) is 37.5. The predicted molar refractivity (Wildman–Crippen MR) is 274 cm³/mol. The van der Waals surface area contributed by atoms with Gasteiger partial charge in [-0.3, -0.25) is 32.5 Å². The van der Waals surface area contributed by atoms with Crippen LogP contribution < -0.4 is 16.6 Å². The summed E-state index contributed by atoms with van der Waals surface area (Å²) in [6.45, 7) is -1.36. The van der Waals surface area contributed by atoms with Gasteiger partial charge in [0.1, 0.15) is 31.7 Å². The number of benzene rings is 6. The summed E-state index contributed by atoms with van der Waals surface area (Å²) in [7, 11) is -30.1. The van der Waals surface area contributed by atoms with Gasteiger partial charge >= 0.3 is 16.4 Å². The minimum Gasteiger partial charge on any atom is -0.505 e. The number of phenolic OH excluding ortho intramolecular Hbond substituents is 1. The van der Waals surface area contributed by atoms with Crippen molar-refractivity contribution in [3.63, 3.8) is 0 Å². The van der Waals surface area contributed by atoms with E-state index in [4.69, 9.17) is 16.2 Å². The van der Waals surface area contributed by atoms with Gasteiger partial charge in [0.25, 0.3) is 40.5 Å². The number of carbonyl (C=O) groups is 1. The van der Waals surface area contributed by atoms with E-state index < -0.39 is 179 Å². The Morgan fingerprint density at radius 3 is 1.92 bits per heavy atom. The molecule has 79 heavy (non-hydrogen) atoms. The van der Waals surface area contributed by atoms with Crippen molar-refractivity contribution in [2.45, 2.75) is 30.9 Å². The number of aliphatic carboxylic acids is 1. The van der Waals surface area contributed by atoms with E-state index in [1.807, 2.05) is 0 Å². The molecule has 1 radical (unpaired) electrons. The van der Waals surface area contributed by atoms with E-state index in [1.54, 1.807) is 6.07 Å². The van der Waals surface area contributed by atoms with Crippen LogP contribution in [0.25, 0.3) is 21.5 Å². The monoisotopic (exact) mass is 1240 g/mol. The molecule has 0 saturated carbocycles. The summed E-state index contributed by atoms with van der Waals surface area (Å²) in [4.78, 5) is 24.5. The minimum atomic E-state index is -5.46. The SMILES string of the molecule is O=C(O)CCNc1cc(N=c2nc(Cl)[nH]c(=Nc3cc(S(=O)(=O)O)cc4cc(S(=O)(=O)O)c(N=Nc5ccc6ccccc6c5S(=O)(=O)O)c(O)c34)[nH]2)c(N=Nc2ccc(S(=O)(=O)CCOS(=O)(=O)O)cc2)cc1S(=O)(=O)O.[Na]. The molecule has 39 heteroatoms. The van der Waals surface area contributed by atoms with Crippen LogP contribution in [0.3, 0.4) is 0 Å². The number of nitrogens with one attached hydrogen (secondary N) is 3. The smallest absolute Gasteiger partial charge is 0.397 e. The van der Waals surface area contributed by atoms with Crippen LogP contribution in [0.15, 0.2) is 146 Å². The number of hydrogen-bond acceptors (Lipinski definition) is 23. The van der Waals surface area contributed by atoms with Crippen LogP contribution in [0.4, 0.5) is 39.8 Å². The average molecular weight is 1240 g/mol. The Hall–Kier alpha value is -6.53. The summed E-state index contributed by atoms with van der Waals surface area (Å²) in [6, 6.07) is 16.0. The van der Waals surface area contributed by atoms with E-state index in [0.29, 0.717) is 23.6 Å². The third-order valence-electron chi connectivity index (χ3n) is 10.2. The molecule has 0 aliphatic rings. The van der Waals surface area contributed by atoms with Crippen LogP contribution in [0.1, 0.15) is 6.42 Å². The number of hydrogen-bond donors (Lipinski definition) is 10. The van der Waals surface area contributed by atoms with Gasteiger partial charge < -0.3 is 20.5 Å². The number of azo groups is 2.